The third-order valence-electron chi connectivity index (χ3n) is 3.09. The fraction of sp³-hybridized carbons (Fsp3) is 0.235. The molecule has 0 saturated carbocycles. The van der Waals surface area contributed by atoms with Crippen molar-refractivity contribution in [3.05, 3.63) is 59.2 Å². The number of methoxy groups -OCH3 is 1. The Labute approximate surface area is 124 Å². The zero-order valence-electron chi connectivity index (χ0n) is 12.0. The van der Waals surface area contributed by atoms with E-state index >= 15 is 0 Å². The Balaban J connectivity index is 2.04. The van der Waals surface area contributed by atoms with Gasteiger partial charge in [0.2, 0.25) is 0 Å². The Bertz CT molecular complexity index is 620. The Morgan fingerprint density at radius 2 is 1.95 bits per heavy atom. The summed E-state index contributed by atoms with van der Waals surface area (Å²) in [7, 11) is 1.64. The van der Waals surface area contributed by atoms with Crippen LogP contribution in [-0.4, -0.2) is 18.6 Å². The van der Waals surface area contributed by atoms with Crippen LogP contribution in [0.5, 0.6) is 5.75 Å². The van der Waals surface area contributed by atoms with Crippen LogP contribution in [0.2, 0.25) is 0 Å². The third-order valence-corrected chi connectivity index (χ3v) is 4.09. The lowest BCUT2D eigenvalue weighted by Crippen LogP contribution is -2.04. The second-order valence-corrected chi connectivity index (χ2v) is 5.76. The SMILES string of the molecule is COc1cccc(SCC(=O)c2ccc(C)cc2C)c1. The van der Waals surface area contributed by atoms with Crippen LogP contribution in [0, 0.1) is 13.8 Å². The minimum absolute atomic E-state index is 0.162. The van der Waals surface area contributed by atoms with E-state index in [9.17, 15) is 4.79 Å². The maximum absolute atomic E-state index is 12.3. The molecule has 0 spiro atoms. The predicted octanol–water partition coefficient (Wildman–Crippen LogP) is 4.29. The first-order valence-electron chi connectivity index (χ1n) is 6.47. The van der Waals surface area contributed by atoms with Crippen molar-refractivity contribution in [2.24, 2.45) is 0 Å². The van der Waals surface area contributed by atoms with Gasteiger partial charge in [0.1, 0.15) is 5.75 Å². The topological polar surface area (TPSA) is 26.3 Å². The van der Waals surface area contributed by atoms with Gasteiger partial charge in [0.15, 0.2) is 5.78 Å². The van der Waals surface area contributed by atoms with Crippen LogP contribution in [-0.2, 0) is 0 Å². The number of carbonyl (C=O) groups is 1. The molecule has 0 aliphatic rings. The van der Waals surface area contributed by atoms with Gasteiger partial charge in [-0.3, -0.25) is 4.79 Å². The smallest absolute Gasteiger partial charge is 0.173 e. The van der Waals surface area contributed by atoms with Crippen molar-refractivity contribution in [2.75, 3.05) is 12.9 Å². The monoisotopic (exact) mass is 286 g/mol. The number of aryl methyl sites for hydroxylation is 2. The van der Waals surface area contributed by atoms with Crippen LogP contribution in [0.3, 0.4) is 0 Å². The second kappa shape index (κ2) is 6.62. The van der Waals surface area contributed by atoms with Crippen LogP contribution in [0.25, 0.3) is 0 Å². The molecule has 0 unspecified atom stereocenters. The summed E-state index contributed by atoms with van der Waals surface area (Å²) in [6.07, 6.45) is 0. The van der Waals surface area contributed by atoms with Gasteiger partial charge in [-0.2, -0.15) is 0 Å². The molecular weight excluding hydrogens is 268 g/mol. The summed E-state index contributed by atoms with van der Waals surface area (Å²) in [5, 5.41) is 0. The number of hydrogen-bond acceptors (Lipinski definition) is 3. The molecule has 0 heterocycles. The Hall–Kier alpha value is -1.74. The molecule has 20 heavy (non-hydrogen) atoms. The first-order valence-corrected chi connectivity index (χ1v) is 7.46. The van der Waals surface area contributed by atoms with E-state index in [1.54, 1.807) is 7.11 Å². The molecule has 0 atom stereocenters. The van der Waals surface area contributed by atoms with Crippen molar-refractivity contribution in [1.29, 1.82) is 0 Å². The van der Waals surface area contributed by atoms with Crippen LogP contribution in [0.1, 0.15) is 21.5 Å². The van der Waals surface area contributed by atoms with Crippen molar-refractivity contribution in [2.45, 2.75) is 18.7 Å². The van der Waals surface area contributed by atoms with E-state index in [4.69, 9.17) is 4.74 Å². The van der Waals surface area contributed by atoms with Crippen LogP contribution >= 0.6 is 11.8 Å². The molecule has 0 saturated heterocycles. The molecule has 2 aromatic rings. The average Bonchev–Trinajstić information content (AvgIpc) is 2.45. The maximum atomic E-state index is 12.3. The highest BCUT2D eigenvalue weighted by atomic mass is 32.2. The molecule has 0 aromatic heterocycles. The van der Waals surface area contributed by atoms with Gasteiger partial charge < -0.3 is 4.74 Å². The van der Waals surface area contributed by atoms with Crippen molar-refractivity contribution in [3.63, 3.8) is 0 Å². The summed E-state index contributed by atoms with van der Waals surface area (Å²) >= 11 is 1.54. The Kier molecular flexibility index (Phi) is 4.85. The number of hydrogen-bond donors (Lipinski definition) is 0. The van der Waals surface area contributed by atoms with Crippen molar-refractivity contribution < 1.29 is 9.53 Å². The second-order valence-electron chi connectivity index (χ2n) is 4.71. The lowest BCUT2D eigenvalue weighted by Gasteiger charge is -2.07. The van der Waals surface area contributed by atoms with Gasteiger partial charge in [-0.1, -0.05) is 29.8 Å². The van der Waals surface area contributed by atoms with E-state index in [-0.39, 0.29) is 5.78 Å². The normalized spacial score (nSPS) is 10.3. The quantitative estimate of drug-likeness (QED) is 0.606. The van der Waals surface area contributed by atoms with Crippen molar-refractivity contribution in [3.8, 4) is 5.75 Å². The molecule has 2 aromatic carbocycles. The summed E-state index contributed by atoms with van der Waals surface area (Å²) in [4.78, 5) is 13.3. The van der Waals surface area contributed by atoms with E-state index in [0.29, 0.717) is 5.75 Å². The molecule has 104 valence electrons. The zero-order chi connectivity index (χ0) is 14.5. The highest BCUT2D eigenvalue weighted by Crippen LogP contribution is 2.24. The molecule has 0 aliphatic heterocycles. The van der Waals surface area contributed by atoms with E-state index in [1.165, 1.54) is 17.3 Å². The number of carbonyl (C=O) groups excluding carboxylic acids is 1. The van der Waals surface area contributed by atoms with Crippen LogP contribution < -0.4 is 4.74 Å². The molecular formula is C17H18O2S. The van der Waals surface area contributed by atoms with Gasteiger partial charge >= 0.3 is 0 Å². The Morgan fingerprint density at radius 3 is 2.65 bits per heavy atom. The summed E-state index contributed by atoms with van der Waals surface area (Å²) in [5.74, 6) is 1.42. The first kappa shape index (κ1) is 14.7. The van der Waals surface area contributed by atoms with Crippen LogP contribution in [0.15, 0.2) is 47.4 Å². The van der Waals surface area contributed by atoms with Gasteiger partial charge in [-0.05, 0) is 37.6 Å². The zero-order valence-corrected chi connectivity index (χ0v) is 12.8. The van der Waals surface area contributed by atoms with Gasteiger partial charge in [-0.25, -0.2) is 0 Å². The first-order chi connectivity index (χ1) is 9.60. The lowest BCUT2D eigenvalue weighted by atomic mass is 10.0. The van der Waals surface area contributed by atoms with Gasteiger partial charge in [0.05, 0.1) is 12.9 Å². The highest BCUT2D eigenvalue weighted by molar-refractivity contribution is 8.00. The van der Waals surface area contributed by atoms with Crippen LogP contribution in [0.4, 0.5) is 0 Å². The van der Waals surface area contributed by atoms with Gasteiger partial charge in [0.25, 0.3) is 0 Å². The van der Waals surface area contributed by atoms with Gasteiger partial charge in [0, 0.05) is 10.5 Å². The number of benzene rings is 2. The summed E-state index contributed by atoms with van der Waals surface area (Å²) < 4.78 is 5.18. The summed E-state index contributed by atoms with van der Waals surface area (Å²) in [5.41, 5.74) is 3.03. The molecule has 0 radical (unpaired) electrons. The number of ether oxygens (including phenoxy) is 1. The molecule has 3 heteroatoms. The molecule has 0 aliphatic carbocycles. The molecule has 0 bridgehead atoms. The summed E-state index contributed by atoms with van der Waals surface area (Å²) in [6.45, 7) is 4.02. The molecule has 2 rings (SSSR count). The largest absolute Gasteiger partial charge is 0.497 e. The number of thioether (sulfide) groups is 1. The Morgan fingerprint density at radius 1 is 1.15 bits per heavy atom. The number of rotatable bonds is 5. The molecule has 0 fully saturated rings. The third kappa shape index (κ3) is 3.64. The fourth-order valence-electron chi connectivity index (χ4n) is 2.04. The van der Waals surface area contributed by atoms with E-state index in [0.717, 1.165) is 21.8 Å². The minimum Gasteiger partial charge on any atom is -0.497 e. The number of Topliss-reactive ketones (excluding diaryl/α,β-unsaturated/α-hetero) is 1. The molecule has 0 N–H and O–H groups in total. The van der Waals surface area contributed by atoms with E-state index in [1.807, 2.05) is 56.3 Å². The van der Waals surface area contributed by atoms with E-state index < -0.39 is 0 Å². The van der Waals surface area contributed by atoms with Crippen molar-refractivity contribution >= 4 is 17.5 Å². The number of ketones is 1. The lowest BCUT2D eigenvalue weighted by molar-refractivity contribution is 0.102. The molecule has 2 nitrogen and oxygen atoms in total. The maximum Gasteiger partial charge on any atom is 0.173 e. The predicted molar refractivity (Wildman–Crippen MR) is 84.0 cm³/mol. The van der Waals surface area contributed by atoms with Crippen molar-refractivity contribution in [1.82, 2.24) is 0 Å². The summed E-state index contributed by atoms with van der Waals surface area (Å²) in [6, 6.07) is 13.7. The highest BCUT2D eigenvalue weighted by Gasteiger charge is 2.09. The fourth-order valence-corrected chi connectivity index (χ4v) is 2.87. The molecule has 0 amide bonds. The standard InChI is InChI=1S/C17H18O2S/c1-12-7-8-16(13(2)9-12)17(18)11-20-15-6-4-5-14(10-15)19-3/h4-10H,11H2,1-3H3. The average molecular weight is 286 g/mol. The van der Waals surface area contributed by atoms with Gasteiger partial charge in [-0.15, -0.1) is 11.8 Å². The van der Waals surface area contributed by atoms with E-state index in [2.05, 4.69) is 0 Å². The minimum atomic E-state index is 0.162.